The third kappa shape index (κ3) is 6.48. The Hall–Kier alpha value is -2.15. The molecule has 0 fully saturated rings. The molecule has 0 heterocycles. The number of esters is 1. The van der Waals surface area contributed by atoms with Crippen molar-refractivity contribution in [3.05, 3.63) is 76.9 Å². The topological polar surface area (TPSA) is 72.5 Å². The van der Waals surface area contributed by atoms with Crippen LogP contribution in [0.3, 0.4) is 0 Å². The van der Waals surface area contributed by atoms with Crippen molar-refractivity contribution in [2.24, 2.45) is 0 Å². The van der Waals surface area contributed by atoms with Crippen LogP contribution in [-0.4, -0.2) is 26.3 Å². The van der Waals surface area contributed by atoms with Crippen LogP contribution in [0.15, 0.2) is 59.5 Å². The van der Waals surface area contributed by atoms with E-state index in [1.807, 2.05) is 49.4 Å². The lowest BCUT2D eigenvalue weighted by molar-refractivity contribution is -0.139. The Morgan fingerprint density at radius 2 is 1.75 bits per heavy atom. The molecule has 28 heavy (non-hydrogen) atoms. The van der Waals surface area contributed by atoms with Crippen LogP contribution in [0, 0.1) is 20.8 Å². The number of sulfonamides is 1. The van der Waals surface area contributed by atoms with Crippen molar-refractivity contribution in [2.45, 2.75) is 37.7 Å². The van der Waals surface area contributed by atoms with Gasteiger partial charge in [0.05, 0.1) is 10.3 Å². The fourth-order valence-electron chi connectivity index (χ4n) is 2.88. The molecule has 2 aromatic rings. The number of aryl methyl sites for hydroxylation is 3. The molecule has 0 amide bonds. The molecule has 0 saturated carbocycles. The number of alkyl halides is 1. The molecule has 0 aliphatic carbocycles. The average Bonchev–Trinajstić information content (AvgIpc) is 2.63. The number of nitrogens with one attached hydrogen (secondary N) is 1. The molecule has 1 atom stereocenters. The smallest absolute Gasteiger partial charge is 0.330 e. The van der Waals surface area contributed by atoms with E-state index in [9.17, 15) is 13.2 Å². The quantitative estimate of drug-likeness (QED) is 0.399. The van der Waals surface area contributed by atoms with Crippen LogP contribution in [0.2, 0.25) is 0 Å². The number of carbonyl (C=O) groups is 1. The summed E-state index contributed by atoms with van der Waals surface area (Å²) in [5.74, 6) is -0.539. The van der Waals surface area contributed by atoms with Crippen molar-refractivity contribution in [2.75, 3.05) is 6.54 Å². The summed E-state index contributed by atoms with van der Waals surface area (Å²) in [6.07, 6.45) is 2.61. The molecule has 0 aliphatic heterocycles. The third-order valence-electron chi connectivity index (χ3n) is 4.01. The highest BCUT2D eigenvalue weighted by molar-refractivity contribution is 7.89. The molecule has 2 rings (SSSR count). The molecular weight excluding hydrogens is 398 g/mol. The number of ether oxygens (including phenoxy) is 1. The summed E-state index contributed by atoms with van der Waals surface area (Å²) < 4.78 is 32.8. The average molecular weight is 422 g/mol. The Bertz CT molecular complexity index is 933. The van der Waals surface area contributed by atoms with Crippen LogP contribution in [0.5, 0.6) is 0 Å². The van der Waals surface area contributed by atoms with Gasteiger partial charge in [-0.25, -0.2) is 17.9 Å². The maximum absolute atomic E-state index is 12.6. The van der Waals surface area contributed by atoms with Gasteiger partial charge in [0.1, 0.15) is 6.61 Å². The Morgan fingerprint density at radius 1 is 1.14 bits per heavy atom. The second-order valence-corrected chi connectivity index (χ2v) is 8.81. The van der Waals surface area contributed by atoms with E-state index in [1.54, 1.807) is 13.8 Å². The zero-order valence-corrected chi connectivity index (χ0v) is 17.7. The van der Waals surface area contributed by atoms with E-state index in [0.717, 1.165) is 11.1 Å². The van der Waals surface area contributed by atoms with Gasteiger partial charge in [0, 0.05) is 12.6 Å². The molecule has 1 N–H and O–H groups in total. The predicted molar refractivity (Wildman–Crippen MR) is 111 cm³/mol. The molecule has 0 bridgehead atoms. The van der Waals surface area contributed by atoms with Gasteiger partial charge in [0.2, 0.25) is 10.0 Å². The number of halogens is 1. The molecule has 2 aromatic carbocycles. The van der Waals surface area contributed by atoms with Crippen molar-refractivity contribution in [3.63, 3.8) is 0 Å². The van der Waals surface area contributed by atoms with Gasteiger partial charge < -0.3 is 4.74 Å². The van der Waals surface area contributed by atoms with Crippen LogP contribution in [0.1, 0.15) is 22.3 Å². The maximum Gasteiger partial charge on any atom is 0.330 e. The zero-order valence-electron chi connectivity index (χ0n) is 16.1. The number of rotatable bonds is 8. The minimum absolute atomic E-state index is 0.0425. The van der Waals surface area contributed by atoms with Gasteiger partial charge in [0.25, 0.3) is 0 Å². The number of hydrogen-bond donors (Lipinski definition) is 1. The summed E-state index contributed by atoms with van der Waals surface area (Å²) in [7, 11) is -3.70. The van der Waals surface area contributed by atoms with E-state index in [-0.39, 0.29) is 18.0 Å². The number of benzene rings is 2. The second kappa shape index (κ2) is 9.87. The Kier molecular flexibility index (Phi) is 7.80. The molecule has 0 spiro atoms. The molecule has 0 saturated heterocycles. The standard InChI is InChI=1S/C21H24ClNO4S/c1-15-11-16(2)21(17(3)12-15)28(25,26)23-13-19(22)9-10-20(24)27-14-18-7-5-4-6-8-18/h4-12,19,23H,13-14H2,1-3H3/b10-9+/t19-/m0/s1. The van der Waals surface area contributed by atoms with Gasteiger partial charge in [0.15, 0.2) is 0 Å². The first kappa shape index (κ1) is 22.1. The van der Waals surface area contributed by atoms with E-state index in [1.165, 1.54) is 12.2 Å². The minimum atomic E-state index is -3.70. The summed E-state index contributed by atoms with van der Waals surface area (Å²) in [6.45, 7) is 5.56. The van der Waals surface area contributed by atoms with Crippen molar-refractivity contribution >= 4 is 27.6 Å². The van der Waals surface area contributed by atoms with Crippen molar-refractivity contribution in [3.8, 4) is 0 Å². The van der Waals surface area contributed by atoms with E-state index in [4.69, 9.17) is 16.3 Å². The number of hydrogen-bond acceptors (Lipinski definition) is 4. The Balaban J connectivity index is 1.90. The molecule has 0 unspecified atom stereocenters. The van der Waals surface area contributed by atoms with Crippen molar-refractivity contribution in [1.29, 1.82) is 0 Å². The number of carbonyl (C=O) groups excluding carboxylic acids is 1. The van der Waals surface area contributed by atoms with Crippen molar-refractivity contribution < 1.29 is 17.9 Å². The van der Waals surface area contributed by atoms with Gasteiger partial charge in [-0.2, -0.15) is 0 Å². The van der Waals surface area contributed by atoms with Crippen LogP contribution in [0.4, 0.5) is 0 Å². The fourth-order valence-corrected chi connectivity index (χ4v) is 4.63. The summed E-state index contributed by atoms with van der Waals surface area (Å²) >= 11 is 6.12. The summed E-state index contributed by atoms with van der Waals surface area (Å²) in [5, 5.41) is -0.690. The monoisotopic (exact) mass is 421 g/mol. The zero-order chi connectivity index (χ0) is 20.7. The summed E-state index contributed by atoms with van der Waals surface area (Å²) in [6, 6.07) is 12.9. The first-order valence-electron chi connectivity index (χ1n) is 8.79. The van der Waals surface area contributed by atoms with E-state index in [0.29, 0.717) is 11.1 Å². The van der Waals surface area contributed by atoms with Crippen LogP contribution >= 0.6 is 11.6 Å². The highest BCUT2D eigenvalue weighted by Crippen LogP contribution is 2.21. The lowest BCUT2D eigenvalue weighted by Gasteiger charge is -2.14. The van der Waals surface area contributed by atoms with Gasteiger partial charge >= 0.3 is 5.97 Å². The second-order valence-electron chi connectivity index (χ2n) is 6.55. The van der Waals surface area contributed by atoms with Crippen LogP contribution < -0.4 is 4.72 Å². The normalized spacial score (nSPS) is 12.9. The van der Waals surface area contributed by atoms with Crippen LogP contribution in [0.25, 0.3) is 0 Å². The lowest BCUT2D eigenvalue weighted by Crippen LogP contribution is -2.30. The molecule has 5 nitrogen and oxygen atoms in total. The highest BCUT2D eigenvalue weighted by atomic mass is 35.5. The fraction of sp³-hybridized carbons (Fsp3) is 0.286. The molecule has 0 aliphatic rings. The lowest BCUT2D eigenvalue weighted by atomic mass is 10.1. The molecule has 150 valence electrons. The minimum Gasteiger partial charge on any atom is -0.458 e. The first-order valence-corrected chi connectivity index (χ1v) is 10.7. The molecular formula is C21H24ClNO4S. The van der Waals surface area contributed by atoms with Gasteiger partial charge in [-0.3, -0.25) is 0 Å². The Labute approximate surface area is 171 Å². The van der Waals surface area contributed by atoms with Crippen LogP contribution in [-0.2, 0) is 26.2 Å². The molecule has 7 heteroatoms. The van der Waals surface area contributed by atoms with Crippen molar-refractivity contribution in [1.82, 2.24) is 4.72 Å². The largest absolute Gasteiger partial charge is 0.458 e. The Morgan fingerprint density at radius 3 is 2.36 bits per heavy atom. The third-order valence-corrected chi connectivity index (χ3v) is 6.03. The van der Waals surface area contributed by atoms with E-state index < -0.39 is 21.4 Å². The SMILES string of the molecule is Cc1cc(C)c(S(=O)(=O)NC[C@@H](Cl)/C=C/C(=O)OCc2ccccc2)c(C)c1. The maximum atomic E-state index is 12.6. The highest BCUT2D eigenvalue weighted by Gasteiger charge is 2.20. The van der Waals surface area contributed by atoms with Gasteiger partial charge in [-0.05, 0) is 37.5 Å². The van der Waals surface area contributed by atoms with E-state index in [2.05, 4.69) is 4.72 Å². The van der Waals surface area contributed by atoms with Gasteiger partial charge in [-0.1, -0.05) is 54.1 Å². The predicted octanol–water partition coefficient (Wildman–Crippen LogP) is 3.80. The van der Waals surface area contributed by atoms with E-state index >= 15 is 0 Å². The summed E-state index contributed by atoms with van der Waals surface area (Å²) in [5.41, 5.74) is 3.23. The molecule has 0 aromatic heterocycles. The molecule has 0 radical (unpaired) electrons. The van der Waals surface area contributed by atoms with Gasteiger partial charge in [-0.15, -0.1) is 11.6 Å². The first-order chi connectivity index (χ1) is 13.2. The summed E-state index contributed by atoms with van der Waals surface area (Å²) in [4.78, 5) is 12.0.